The summed E-state index contributed by atoms with van der Waals surface area (Å²) in [5.74, 6) is 0.686. The zero-order valence-electron chi connectivity index (χ0n) is 15.2. The van der Waals surface area contributed by atoms with Gasteiger partial charge in [-0.15, -0.1) is 0 Å². The zero-order chi connectivity index (χ0) is 17.7. The lowest BCUT2D eigenvalue weighted by molar-refractivity contribution is 0.0947. The Bertz CT molecular complexity index is 670. The number of carbonyl (C=O) groups excluding carboxylic acids is 1. The molecule has 0 saturated heterocycles. The predicted octanol–water partition coefficient (Wildman–Crippen LogP) is 1.14. The number of carbonyl (C=O) groups is 1. The second kappa shape index (κ2) is 8.12. The molecule has 0 bridgehead atoms. The maximum atomic E-state index is 12.6. The Morgan fingerprint density at radius 2 is 1.96 bits per heavy atom. The Labute approximate surface area is 143 Å². The molecule has 1 amide bonds. The van der Waals surface area contributed by atoms with E-state index in [-0.39, 0.29) is 5.91 Å². The molecular formula is C17H27N5O2. The first-order valence-electron chi connectivity index (χ1n) is 8.08. The molecule has 24 heavy (non-hydrogen) atoms. The third-order valence-electron chi connectivity index (χ3n) is 4.09. The van der Waals surface area contributed by atoms with Crippen LogP contribution >= 0.6 is 0 Å². The lowest BCUT2D eigenvalue weighted by atomic mass is 10.3. The molecule has 2 aromatic heterocycles. The second-order valence-corrected chi connectivity index (χ2v) is 6.01. The molecule has 0 aliphatic heterocycles. The topological polar surface area (TPSA) is 64.3 Å². The normalized spacial score (nSPS) is 11.2. The van der Waals surface area contributed by atoms with Crippen LogP contribution in [0.5, 0.6) is 0 Å². The largest absolute Gasteiger partial charge is 0.383 e. The molecule has 132 valence electrons. The summed E-state index contributed by atoms with van der Waals surface area (Å²) in [4.78, 5) is 14.7. The Balaban J connectivity index is 2.06. The van der Waals surface area contributed by atoms with Gasteiger partial charge in [-0.1, -0.05) is 0 Å². The van der Waals surface area contributed by atoms with E-state index in [1.54, 1.807) is 18.0 Å². The van der Waals surface area contributed by atoms with Gasteiger partial charge in [-0.25, -0.2) is 0 Å². The first-order chi connectivity index (χ1) is 11.5. The zero-order valence-corrected chi connectivity index (χ0v) is 15.2. The number of hydrogen-bond acceptors (Lipinski definition) is 4. The molecule has 0 aliphatic carbocycles. The van der Waals surface area contributed by atoms with Crippen LogP contribution < -0.4 is 5.32 Å². The lowest BCUT2D eigenvalue weighted by Gasteiger charge is -2.16. The van der Waals surface area contributed by atoms with Crippen LogP contribution in [0.1, 0.15) is 21.7 Å². The second-order valence-electron chi connectivity index (χ2n) is 6.01. The van der Waals surface area contributed by atoms with Gasteiger partial charge in [0.25, 0.3) is 5.91 Å². The molecule has 2 aromatic rings. The fourth-order valence-corrected chi connectivity index (χ4v) is 2.67. The Morgan fingerprint density at radius 1 is 1.29 bits per heavy atom. The van der Waals surface area contributed by atoms with Gasteiger partial charge >= 0.3 is 0 Å². The van der Waals surface area contributed by atoms with E-state index in [9.17, 15) is 4.79 Å². The number of ether oxygens (including phenoxy) is 1. The van der Waals surface area contributed by atoms with Gasteiger partial charge in [0.1, 0.15) is 11.4 Å². The summed E-state index contributed by atoms with van der Waals surface area (Å²) in [6.07, 6.45) is 1.62. The summed E-state index contributed by atoms with van der Waals surface area (Å²) < 4.78 is 8.83. The summed E-state index contributed by atoms with van der Waals surface area (Å²) in [6.45, 7) is 6.91. The molecule has 0 aromatic carbocycles. The van der Waals surface area contributed by atoms with Crippen molar-refractivity contribution in [2.75, 3.05) is 40.4 Å². The van der Waals surface area contributed by atoms with Crippen LogP contribution in [-0.4, -0.2) is 65.6 Å². The van der Waals surface area contributed by atoms with E-state index in [1.807, 2.05) is 44.6 Å². The van der Waals surface area contributed by atoms with Crippen LogP contribution in [0.25, 0.3) is 5.82 Å². The van der Waals surface area contributed by atoms with Gasteiger partial charge in [-0.2, -0.15) is 5.10 Å². The summed E-state index contributed by atoms with van der Waals surface area (Å²) >= 11 is 0. The molecule has 0 saturated carbocycles. The van der Waals surface area contributed by atoms with Crippen LogP contribution in [0.4, 0.5) is 0 Å². The average molecular weight is 333 g/mol. The number of hydrogen-bond donors (Lipinski definition) is 1. The van der Waals surface area contributed by atoms with Crippen molar-refractivity contribution < 1.29 is 9.53 Å². The minimum Gasteiger partial charge on any atom is -0.383 e. The van der Waals surface area contributed by atoms with Crippen molar-refractivity contribution >= 4 is 5.91 Å². The van der Waals surface area contributed by atoms with Crippen molar-refractivity contribution in [1.29, 1.82) is 0 Å². The molecular weight excluding hydrogens is 306 g/mol. The highest BCUT2D eigenvalue weighted by Crippen LogP contribution is 2.19. The van der Waals surface area contributed by atoms with Crippen LogP contribution in [0, 0.1) is 13.8 Å². The van der Waals surface area contributed by atoms with Gasteiger partial charge in [-0.05, 0) is 33.0 Å². The smallest absolute Gasteiger partial charge is 0.256 e. The summed E-state index contributed by atoms with van der Waals surface area (Å²) in [5.41, 5.74) is 2.73. The standard InChI is InChI=1S/C17H27N5O2/c1-13-6-7-14(2)22(13)17-15(12-19-21(17)4)16(23)18-8-9-20(3)10-11-24-5/h6-7,12H,8-11H2,1-5H3,(H,18,23). The highest BCUT2D eigenvalue weighted by atomic mass is 16.5. The van der Waals surface area contributed by atoms with Crippen LogP contribution in [0.15, 0.2) is 18.3 Å². The minimum absolute atomic E-state index is 0.106. The van der Waals surface area contributed by atoms with Gasteiger partial charge in [-0.3, -0.25) is 9.48 Å². The highest BCUT2D eigenvalue weighted by molar-refractivity contribution is 5.97. The highest BCUT2D eigenvalue weighted by Gasteiger charge is 2.19. The summed E-state index contributed by atoms with van der Waals surface area (Å²) in [7, 11) is 5.54. The Kier molecular flexibility index (Phi) is 6.16. The van der Waals surface area contributed by atoms with E-state index in [0.717, 1.165) is 30.3 Å². The Morgan fingerprint density at radius 3 is 2.58 bits per heavy atom. The van der Waals surface area contributed by atoms with Crippen molar-refractivity contribution in [2.45, 2.75) is 13.8 Å². The SMILES string of the molecule is COCCN(C)CCNC(=O)c1cnn(C)c1-n1c(C)ccc1C. The van der Waals surface area contributed by atoms with E-state index < -0.39 is 0 Å². The van der Waals surface area contributed by atoms with E-state index in [0.29, 0.717) is 18.7 Å². The number of aromatic nitrogens is 3. The third-order valence-corrected chi connectivity index (χ3v) is 4.09. The number of nitrogens with zero attached hydrogens (tertiary/aromatic N) is 4. The number of amides is 1. The maximum absolute atomic E-state index is 12.6. The molecule has 0 spiro atoms. The van der Waals surface area contributed by atoms with Crippen molar-refractivity contribution in [3.8, 4) is 5.82 Å². The molecule has 0 atom stereocenters. The minimum atomic E-state index is -0.106. The van der Waals surface area contributed by atoms with Gasteiger partial charge in [0, 0.05) is 45.2 Å². The van der Waals surface area contributed by atoms with Gasteiger partial charge in [0.15, 0.2) is 0 Å². The fraction of sp³-hybridized carbons (Fsp3) is 0.529. The molecule has 0 radical (unpaired) electrons. The molecule has 1 N–H and O–H groups in total. The van der Waals surface area contributed by atoms with E-state index in [1.165, 1.54) is 0 Å². The molecule has 0 aliphatic rings. The quantitative estimate of drug-likeness (QED) is 0.787. The van der Waals surface area contributed by atoms with E-state index in [4.69, 9.17) is 4.74 Å². The summed E-state index contributed by atoms with van der Waals surface area (Å²) in [6, 6.07) is 4.07. The Hall–Kier alpha value is -2.12. The van der Waals surface area contributed by atoms with Crippen LogP contribution in [-0.2, 0) is 11.8 Å². The molecule has 7 nitrogen and oxygen atoms in total. The van der Waals surface area contributed by atoms with Gasteiger partial charge < -0.3 is 19.5 Å². The number of aryl methyl sites for hydroxylation is 3. The number of likely N-dealkylation sites (N-methyl/N-ethyl adjacent to an activating group) is 1. The van der Waals surface area contributed by atoms with Gasteiger partial charge in [0.05, 0.1) is 12.8 Å². The molecule has 0 fully saturated rings. The first-order valence-corrected chi connectivity index (χ1v) is 8.08. The van der Waals surface area contributed by atoms with E-state index >= 15 is 0 Å². The van der Waals surface area contributed by atoms with Crippen molar-refractivity contribution in [3.63, 3.8) is 0 Å². The van der Waals surface area contributed by atoms with Crippen LogP contribution in [0.3, 0.4) is 0 Å². The number of rotatable bonds is 8. The number of methoxy groups -OCH3 is 1. The predicted molar refractivity (Wildman–Crippen MR) is 93.7 cm³/mol. The molecule has 2 rings (SSSR count). The molecule has 2 heterocycles. The van der Waals surface area contributed by atoms with Gasteiger partial charge in [0.2, 0.25) is 0 Å². The van der Waals surface area contributed by atoms with Crippen molar-refractivity contribution in [2.24, 2.45) is 7.05 Å². The third kappa shape index (κ3) is 4.04. The lowest BCUT2D eigenvalue weighted by Crippen LogP contribution is -2.34. The summed E-state index contributed by atoms with van der Waals surface area (Å²) in [5, 5.41) is 7.24. The first kappa shape index (κ1) is 18.2. The monoisotopic (exact) mass is 333 g/mol. The number of nitrogens with one attached hydrogen (secondary N) is 1. The maximum Gasteiger partial charge on any atom is 0.256 e. The van der Waals surface area contributed by atoms with E-state index in [2.05, 4.69) is 15.3 Å². The van der Waals surface area contributed by atoms with Crippen molar-refractivity contribution in [3.05, 3.63) is 35.3 Å². The van der Waals surface area contributed by atoms with Crippen molar-refractivity contribution in [1.82, 2.24) is 24.6 Å². The fourth-order valence-electron chi connectivity index (χ4n) is 2.67. The van der Waals surface area contributed by atoms with Crippen LogP contribution in [0.2, 0.25) is 0 Å². The molecule has 0 unspecified atom stereocenters. The molecule has 7 heteroatoms. The average Bonchev–Trinajstić information content (AvgIpc) is 3.07.